The molecule has 0 spiro atoms. The highest BCUT2D eigenvalue weighted by atomic mass is 16.4. The van der Waals surface area contributed by atoms with Crippen LogP contribution < -0.4 is 5.32 Å². The molecule has 0 bridgehead atoms. The maximum absolute atomic E-state index is 9.10. The first kappa shape index (κ1) is 11.4. The number of rotatable bonds is 2. The van der Waals surface area contributed by atoms with Crippen LogP contribution in [0.25, 0.3) is 0 Å². The van der Waals surface area contributed by atoms with E-state index in [0.717, 1.165) is 23.9 Å². The van der Waals surface area contributed by atoms with Gasteiger partial charge in [-0.3, -0.25) is 0 Å². The molecule has 3 aliphatic carbocycles. The second-order valence-corrected chi connectivity index (χ2v) is 4.89. The topological polar surface area (TPSA) is 86.6 Å². The molecular formula is C11H17NO4. The van der Waals surface area contributed by atoms with Crippen molar-refractivity contribution in [2.45, 2.75) is 44.2 Å². The van der Waals surface area contributed by atoms with Crippen molar-refractivity contribution in [1.29, 1.82) is 0 Å². The van der Waals surface area contributed by atoms with Crippen molar-refractivity contribution in [3.8, 4) is 0 Å². The molecule has 3 N–H and O–H groups in total. The van der Waals surface area contributed by atoms with E-state index in [4.69, 9.17) is 19.8 Å². The number of carboxylic acids is 2. The Kier molecular flexibility index (Phi) is 3.14. The van der Waals surface area contributed by atoms with Gasteiger partial charge in [-0.2, -0.15) is 0 Å². The van der Waals surface area contributed by atoms with Crippen molar-refractivity contribution < 1.29 is 19.8 Å². The predicted molar refractivity (Wildman–Crippen MR) is 56.0 cm³/mol. The van der Waals surface area contributed by atoms with Crippen molar-refractivity contribution in [3.05, 3.63) is 0 Å². The first-order valence-corrected chi connectivity index (χ1v) is 5.80. The number of fused-ring (bicyclic) bond motifs is 1. The van der Waals surface area contributed by atoms with Crippen LogP contribution in [0, 0.1) is 11.8 Å². The van der Waals surface area contributed by atoms with E-state index in [1.165, 1.54) is 25.7 Å². The molecular weight excluding hydrogens is 210 g/mol. The monoisotopic (exact) mass is 227 g/mol. The van der Waals surface area contributed by atoms with Gasteiger partial charge < -0.3 is 15.5 Å². The zero-order valence-electron chi connectivity index (χ0n) is 9.06. The minimum absolute atomic E-state index is 0.935. The number of carbonyl (C=O) groups is 2. The highest BCUT2D eigenvalue weighted by molar-refractivity contribution is 6.27. The maximum atomic E-state index is 9.10. The molecule has 5 heteroatoms. The summed E-state index contributed by atoms with van der Waals surface area (Å²) in [6, 6.07) is 1.88. The molecule has 3 rings (SSSR count). The number of nitrogens with one attached hydrogen (secondary N) is 1. The molecule has 3 saturated carbocycles. The molecule has 0 aromatic rings. The van der Waals surface area contributed by atoms with E-state index in [1.807, 2.05) is 0 Å². The summed E-state index contributed by atoms with van der Waals surface area (Å²) in [5, 5.41) is 18.5. The molecule has 0 amide bonds. The molecule has 3 aliphatic rings. The van der Waals surface area contributed by atoms with E-state index in [1.54, 1.807) is 6.42 Å². The van der Waals surface area contributed by atoms with E-state index in [2.05, 4.69) is 5.32 Å². The third kappa shape index (κ3) is 2.95. The zero-order valence-corrected chi connectivity index (χ0v) is 9.06. The smallest absolute Gasteiger partial charge is 0.414 e. The van der Waals surface area contributed by atoms with Crippen LogP contribution >= 0.6 is 0 Å². The highest BCUT2D eigenvalue weighted by Gasteiger charge is 2.48. The summed E-state index contributed by atoms with van der Waals surface area (Å²) >= 11 is 0. The van der Waals surface area contributed by atoms with Gasteiger partial charge in [0.1, 0.15) is 0 Å². The van der Waals surface area contributed by atoms with Crippen LogP contribution in [-0.4, -0.2) is 34.2 Å². The van der Waals surface area contributed by atoms with Crippen molar-refractivity contribution in [3.63, 3.8) is 0 Å². The fourth-order valence-corrected chi connectivity index (χ4v) is 2.46. The Balaban J connectivity index is 0.000000142. The lowest BCUT2D eigenvalue weighted by Gasteiger charge is -2.12. The predicted octanol–water partition coefficient (Wildman–Crippen LogP) is 0.692. The number of aliphatic carboxylic acids is 2. The Hall–Kier alpha value is -1.10. The van der Waals surface area contributed by atoms with Gasteiger partial charge in [-0.1, -0.05) is 0 Å². The van der Waals surface area contributed by atoms with E-state index in [-0.39, 0.29) is 0 Å². The summed E-state index contributed by atoms with van der Waals surface area (Å²) < 4.78 is 0. The molecule has 0 aromatic heterocycles. The summed E-state index contributed by atoms with van der Waals surface area (Å²) in [5.41, 5.74) is 0. The summed E-state index contributed by atoms with van der Waals surface area (Å²) in [6.45, 7) is 0. The van der Waals surface area contributed by atoms with Crippen LogP contribution in [-0.2, 0) is 9.59 Å². The fraction of sp³-hybridized carbons (Fsp3) is 0.818. The Morgan fingerprint density at radius 2 is 1.62 bits per heavy atom. The van der Waals surface area contributed by atoms with Gasteiger partial charge in [0, 0.05) is 12.1 Å². The standard InChI is InChI=1S/C9H15N.C2H2O4/c1-4-9(8-5-6(1)8)10-7-2-3-7;3-1(4)2(5)6/h6-10H,1-5H2;(H,3,4)(H,5,6). The van der Waals surface area contributed by atoms with Gasteiger partial charge in [-0.05, 0) is 43.9 Å². The summed E-state index contributed by atoms with van der Waals surface area (Å²) in [6.07, 6.45) is 7.45. The molecule has 0 aliphatic heterocycles. The van der Waals surface area contributed by atoms with Gasteiger partial charge in [-0.15, -0.1) is 0 Å². The second kappa shape index (κ2) is 4.41. The fourth-order valence-electron chi connectivity index (χ4n) is 2.46. The second-order valence-electron chi connectivity index (χ2n) is 4.89. The molecule has 3 unspecified atom stereocenters. The number of hydrogen-bond donors (Lipinski definition) is 3. The molecule has 90 valence electrons. The summed E-state index contributed by atoms with van der Waals surface area (Å²) in [5.74, 6) is -1.39. The lowest BCUT2D eigenvalue weighted by molar-refractivity contribution is -0.159. The van der Waals surface area contributed by atoms with Crippen LogP contribution in [0.3, 0.4) is 0 Å². The first-order valence-electron chi connectivity index (χ1n) is 5.80. The minimum atomic E-state index is -1.82. The van der Waals surface area contributed by atoms with Gasteiger partial charge in [0.05, 0.1) is 0 Å². The normalized spacial score (nSPS) is 34.6. The van der Waals surface area contributed by atoms with Crippen molar-refractivity contribution in [2.75, 3.05) is 0 Å². The quantitative estimate of drug-likeness (QED) is 0.604. The van der Waals surface area contributed by atoms with Crippen LogP contribution in [0.1, 0.15) is 32.1 Å². The van der Waals surface area contributed by atoms with E-state index in [9.17, 15) is 0 Å². The molecule has 3 atom stereocenters. The van der Waals surface area contributed by atoms with Gasteiger partial charge in [0.2, 0.25) is 0 Å². The third-order valence-corrected chi connectivity index (χ3v) is 3.55. The molecule has 3 fully saturated rings. The number of hydrogen-bond acceptors (Lipinski definition) is 3. The lowest BCUT2D eigenvalue weighted by atomic mass is 10.2. The SMILES string of the molecule is C1CC1NC1CCC2CC21.O=C(O)C(=O)O. The van der Waals surface area contributed by atoms with Crippen LogP contribution in [0.5, 0.6) is 0 Å². The Morgan fingerprint density at radius 1 is 1.00 bits per heavy atom. The third-order valence-electron chi connectivity index (χ3n) is 3.55. The van der Waals surface area contributed by atoms with Gasteiger partial charge in [0.15, 0.2) is 0 Å². The Bertz CT molecular complexity index is 288. The Labute approximate surface area is 93.8 Å². The lowest BCUT2D eigenvalue weighted by Crippen LogP contribution is -2.30. The highest BCUT2D eigenvalue weighted by Crippen LogP contribution is 2.52. The summed E-state index contributed by atoms with van der Waals surface area (Å²) in [7, 11) is 0. The average Bonchev–Trinajstić information content (AvgIpc) is 3.08. The Morgan fingerprint density at radius 3 is 1.94 bits per heavy atom. The first-order chi connectivity index (χ1) is 7.58. The van der Waals surface area contributed by atoms with Gasteiger partial charge >= 0.3 is 11.9 Å². The van der Waals surface area contributed by atoms with Crippen molar-refractivity contribution in [1.82, 2.24) is 5.32 Å². The van der Waals surface area contributed by atoms with E-state index >= 15 is 0 Å². The minimum Gasteiger partial charge on any atom is -0.473 e. The van der Waals surface area contributed by atoms with E-state index < -0.39 is 11.9 Å². The van der Waals surface area contributed by atoms with Crippen LogP contribution in [0.15, 0.2) is 0 Å². The maximum Gasteiger partial charge on any atom is 0.414 e. The average molecular weight is 227 g/mol. The number of carboxylic acid groups (broad SMARTS) is 2. The van der Waals surface area contributed by atoms with Gasteiger partial charge in [-0.25, -0.2) is 9.59 Å². The van der Waals surface area contributed by atoms with Gasteiger partial charge in [0.25, 0.3) is 0 Å². The molecule has 0 heterocycles. The molecule has 0 saturated heterocycles. The molecule has 0 aromatic carbocycles. The molecule has 16 heavy (non-hydrogen) atoms. The molecule has 0 radical (unpaired) electrons. The van der Waals surface area contributed by atoms with Crippen molar-refractivity contribution in [2.24, 2.45) is 11.8 Å². The zero-order chi connectivity index (χ0) is 11.7. The summed E-state index contributed by atoms with van der Waals surface area (Å²) in [4.78, 5) is 18.2. The largest absolute Gasteiger partial charge is 0.473 e. The molecule has 5 nitrogen and oxygen atoms in total. The van der Waals surface area contributed by atoms with Crippen molar-refractivity contribution >= 4 is 11.9 Å². The van der Waals surface area contributed by atoms with Crippen LogP contribution in [0.2, 0.25) is 0 Å². The van der Waals surface area contributed by atoms with Crippen LogP contribution in [0.4, 0.5) is 0 Å². The van der Waals surface area contributed by atoms with E-state index in [0.29, 0.717) is 0 Å².